The molecule has 0 amide bonds. The first kappa shape index (κ1) is 12.9. The number of hydrogen-bond acceptors (Lipinski definition) is 3. The molecule has 1 atom stereocenters. The van der Waals surface area contributed by atoms with Crippen molar-refractivity contribution in [3.8, 4) is 0 Å². The van der Waals surface area contributed by atoms with Gasteiger partial charge >= 0.3 is 0 Å². The van der Waals surface area contributed by atoms with E-state index < -0.39 is 0 Å². The van der Waals surface area contributed by atoms with Crippen molar-refractivity contribution >= 4 is 0 Å². The van der Waals surface area contributed by atoms with E-state index in [1.165, 1.54) is 44.9 Å². The molecule has 1 unspecified atom stereocenters. The molecule has 0 bridgehead atoms. The van der Waals surface area contributed by atoms with Crippen LogP contribution in [0, 0.1) is 5.92 Å². The predicted molar refractivity (Wildman–Crippen MR) is 65.5 cm³/mol. The maximum absolute atomic E-state index is 5.61. The van der Waals surface area contributed by atoms with Crippen LogP contribution in [0.2, 0.25) is 0 Å². The molecule has 1 rings (SSSR count). The van der Waals surface area contributed by atoms with Gasteiger partial charge in [0.05, 0.1) is 0 Å². The van der Waals surface area contributed by atoms with Gasteiger partial charge in [0, 0.05) is 6.04 Å². The highest BCUT2D eigenvalue weighted by Crippen LogP contribution is 2.27. The molecule has 3 nitrogen and oxygen atoms in total. The first-order valence-electron chi connectivity index (χ1n) is 6.33. The van der Waals surface area contributed by atoms with Gasteiger partial charge in [0.2, 0.25) is 0 Å². The Labute approximate surface area is 94.4 Å². The highest BCUT2D eigenvalue weighted by molar-refractivity contribution is 4.73. The zero-order chi connectivity index (χ0) is 11.1. The van der Waals surface area contributed by atoms with Gasteiger partial charge < -0.3 is 4.90 Å². The smallest absolute Gasteiger partial charge is 0.0225 e. The van der Waals surface area contributed by atoms with E-state index in [2.05, 4.69) is 24.4 Å². The summed E-state index contributed by atoms with van der Waals surface area (Å²) in [6.07, 6.45) is 9.56. The van der Waals surface area contributed by atoms with Crippen LogP contribution in [0.15, 0.2) is 0 Å². The normalized spacial score (nSPS) is 20.8. The van der Waals surface area contributed by atoms with Gasteiger partial charge in [-0.05, 0) is 39.4 Å². The van der Waals surface area contributed by atoms with Crippen LogP contribution in [0.1, 0.15) is 44.9 Å². The summed E-state index contributed by atoms with van der Waals surface area (Å²) in [5.41, 5.74) is 2.98. The molecule has 0 saturated heterocycles. The van der Waals surface area contributed by atoms with Crippen LogP contribution in [0.4, 0.5) is 0 Å². The minimum atomic E-state index is 0.510. The summed E-state index contributed by atoms with van der Waals surface area (Å²) in [7, 11) is 4.24. The van der Waals surface area contributed by atoms with Gasteiger partial charge in [-0.1, -0.05) is 32.1 Å². The fourth-order valence-corrected chi connectivity index (χ4v) is 2.51. The average molecular weight is 213 g/mol. The second-order valence-corrected chi connectivity index (χ2v) is 5.20. The monoisotopic (exact) mass is 213 g/mol. The van der Waals surface area contributed by atoms with Crippen molar-refractivity contribution in [2.75, 3.05) is 20.6 Å². The van der Waals surface area contributed by atoms with Gasteiger partial charge in [-0.15, -0.1) is 0 Å². The van der Waals surface area contributed by atoms with Crippen molar-refractivity contribution in [3.05, 3.63) is 0 Å². The Kier molecular flexibility index (Phi) is 6.22. The van der Waals surface area contributed by atoms with Gasteiger partial charge in [0.1, 0.15) is 0 Å². The summed E-state index contributed by atoms with van der Waals surface area (Å²) in [6, 6.07) is 0.510. The van der Waals surface area contributed by atoms with E-state index in [0.717, 1.165) is 12.5 Å². The van der Waals surface area contributed by atoms with Crippen molar-refractivity contribution in [1.82, 2.24) is 10.3 Å². The van der Waals surface area contributed by atoms with Crippen LogP contribution in [-0.4, -0.2) is 31.6 Å². The van der Waals surface area contributed by atoms with Crippen LogP contribution in [0.25, 0.3) is 0 Å². The molecule has 0 aromatic rings. The molecule has 0 spiro atoms. The van der Waals surface area contributed by atoms with E-state index in [1.807, 2.05) is 0 Å². The van der Waals surface area contributed by atoms with Gasteiger partial charge in [0.15, 0.2) is 0 Å². The summed E-state index contributed by atoms with van der Waals surface area (Å²) >= 11 is 0. The second-order valence-electron chi connectivity index (χ2n) is 5.20. The molecule has 0 aliphatic heterocycles. The fourth-order valence-electron chi connectivity index (χ4n) is 2.51. The topological polar surface area (TPSA) is 41.3 Å². The highest BCUT2D eigenvalue weighted by atomic mass is 15.2. The lowest BCUT2D eigenvalue weighted by molar-refractivity contribution is 0.275. The first-order chi connectivity index (χ1) is 7.22. The molecule has 0 heterocycles. The minimum Gasteiger partial charge on any atom is -0.309 e. The van der Waals surface area contributed by atoms with Crippen LogP contribution in [0.5, 0.6) is 0 Å². The fraction of sp³-hybridized carbons (Fsp3) is 1.00. The van der Waals surface area contributed by atoms with E-state index in [-0.39, 0.29) is 0 Å². The second kappa shape index (κ2) is 7.20. The Morgan fingerprint density at radius 3 is 2.47 bits per heavy atom. The number of rotatable bonds is 6. The van der Waals surface area contributed by atoms with Crippen molar-refractivity contribution in [1.29, 1.82) is 0 Å². The summed E-state index contributed by atoms with van der Waals surface area (Å²) < 4.78 is 0. The van der Waals surface area contributed by atoms with Gasteiger partial charge in [-0.2, -0.15) is 0 Å². The molecule has 1 aliphatic rings. The van der Waals surface area contributed by atoms with Crippen molar-refractivity contribution in [3.63, 3.8) is 0 Å². The minimum absolute atomic E-state index is 0.510. The molecule has 1 fully saturated rings. The lowest BCUT2D eigenvalue weighted by atomic mass is 9.84. The van der Waals surface area contributed by atoms with Gasteiger partial charge in [0.25, 0.3) is 0 Å². The first-order valence-corrected chi connectivity index (χ1v) is 6.33. The maximum atomic E-state index is 5.61. The zero-order valence-electron chi connectivity index (χ0n) is 10.3. The molecule has 0 aromatic heterocycles. The average Bonchev–Trinajstić information content (AvgIpc) is 2.25. The van der Waals surface area contributed by atoms with Gasteiger partial charge in [-0.25, -0.2) is 0 Å². The Morgan fingerprint density at radius 1 is 1.27 bits per heavy atom. The number of hydrazine groups is 1. The van der Waals surface area contributed by atoms with Crippen LogP contribution in [-0.2, 0) is 0 Å². The predicted octanol–water partition coefficient (Wildman–Crippen LogP) is 1.74. The van der Waals surface area contributed by atoms with Gasteiger partial charge in [-0.3, -0.25) is 11.3 Å². The molecule has 1 saturated carbocycles. The third kappa shape index (κ3) is 5.50. The van der Waals surface area contributed by atoms with Crippen LogP contribution < -0.4 is 11.3 Å². The Morgan fingerprint density at radius 2 is 1.93 bits per heavy atom. The quantitative estimate of drug-likeness (QED) is 0.521. The summed E-state index contributed by atoms with van der Waals surface area (Å²) in [5, 5.41) is 0. The Hall–Kier alpha value is -0.120. The lowest BCUT2D eigenvalue weighted by Gasteiger charge is -2.26. The van der Waals surface area contributed by atoms with Crippen molar-refractivity contribution in [2.45, 2.75) is 51.0 Å². The van der Waals surface area contributed by atoms with E-state index in [0.29, 0.717) is 6.04 Å². The third-order valence-electron chi connectivity index (χ3n) is 3.50. The summed E-state index contributed by atoms with van der Waals surface area (Å²) in [5.74, 6) is 6.53. The van der Waals surface area contributed by atoms with Crippen molar-refractivity contribution < 1.29 is 0 Å². The SMILES string of the molecule is CN(C)CCC(CC1CCCCC1)NN. The van der Waals surface area contributed by atoms with E-state index in [9.17, 15) is 0 Å². The number of hydrogen-bond donors (Lipinski definition) is 2. The van der Waals surface area contributed by atoms with E-state index in [4.69, 9.17) is 5.84 Å². The maximum Gasteiger partial charge on any atom is 0.0225 e. The molecule has 1 aliphatic carbocycles. The van der Waals surface area contributed by atoms with E-state index in [1.54, 1.807) is 0 Å². The number of nitrogens with zero attached hydrogens (tertiary/aromatic N) is 1. The van der Waals surface area contributed by atoms with Crippen molar-refractivity contribution in [2.24, 2.45) is 11.8 Å². The molecular formula is C12H27N3. The Balaban J connectivity index is 2.19. The largest absolute Gasteiger partial charge is 0.309 e. The molecule has 0 aromatic carbocycles. The third-order valence-corrected chi connectivity index (χ3v) is 3.50. The zero-order valence-corrected chi connectivity index (χ0v) is 10.3. The lowest BCUT2D eigenvalue weighted by Crippen LogP contribution is -2.38. The Bertz CT molecular complexity index is 153. The van der Waals surface area contributed by atoms with Crippen LogP contribution in [0.3, 0.4) is 0 Å². The summed E-state index contributed by atoms with van der Waals surface area (Å²) in [6.45, 7) is 1.13. The molecule has 3 heteroatoms. The molecular weight excluding hydrogens is 186 g/mol. The highest BCUT2D eigenvalue weighted by Gasteiger charge is 2.18. The summed E-state index contributed by atoms with van der Waals surface area (Å²) in [4.78, 5) is 2.23. The standard InChI is InChI=1S/C12H27N3/c1-15(2)9-8-12(14-13)10-11-6-4-3-5-7-11/h11-12,14H,3-10,13H2,1-2H3. The molecule has 3 N–H and O–H groups in total. The molecule has 15 heavy (non-hydrogen) atoms. The molecule has 0 radical (unpaired) electrons. The number of nitrogens with one attached hydrogen (secondary N) is 1. The van der Waals surface area contributed by atoms with Crippen LogP contribution >= 0.6 is 0 Å². The van der Waals surface area contributed by atoms with E-state index >= 15 is 0 Å². The number of nitrogens with two attached hydrogens (primary N) is 1. The molecule has 90 valence electrons.